The largest absolute Gasteiger partial charge is 0.434 e. The van der Waals surface area contributed by atoms with Crippen molar-refractivity contribution in [2.24, 2.45) is 5.73 Å². The minimum atomic E-state index is -2.93. The molecule has 0 saturated carbocycles. The van der Waals surface area contributed by atoms with Crippen molar-refractivity contribution in [3.05, 3.63) is 28.8 Å². The number of benzene rings is 1. The van der Waals surface area contributed by atoms with E-state index < -0.39 is 12.5 Å². The summed E-state index contributed by atoms with van der Waals surface area (Å²) in [5.41, 5.74) is 7.60. The van der Waals surface area contributed by atoms with Gasteiger partial charge in [0, 0.05) is 17.1 Å². The molecule has 3 N–H and O–H groups in total. The van der Waals surface area contributed by atoms with E-state index in [1.165, 1.54) is 18.2 Å². The van der Waals surface area contributed by atoms with E-state index in [9.17, 15) is 13.6 Å². The molecule has 1 aromatic rings. The molecule has 0 saturated heterocycles. The lowest BCUT2D eigenvalue weighted by atomic mass is 10.2. The lowest BCUT2D eigenvalue weighted by molar-refractivity contribution is -0.125. The zero-order valence-corrected chi connectivity index (χ0v) is 9.92. The number of halogens is 3. The maximum absolute atomic E-state index is 12.1. The second-order valence-electron chi connectivity index (χ2n) is 3.21. The SMILES string of the molecule is NC(=O)CONCc1cc(Cl)ccc1OC(F)F. The molecular formula is C10H11ClF2N2O3. The normalized spacial score (nSPS) is 10.7. The van der Waals surface area contributed by atoms with E-state index in [1.54, 1.807) is 0 Å². The molecule has 1 rings (SSSR count). The van der Waals surface area contributed by atoms with Gasteiger partial charge in [0.1, 0.15) is 12.4 Å². The Balaban J connectivity index is 2.61. The van der Waals surface area contributed by atoms with Crippen LogP contribution in [0.5, 0.6) is 5.75 Å². The molecule has 0 bridgehead atoms. The molecule has 0 aliphatic carbocycles. The number of hydrogen-bond donors (Lipinski definition) is 2. The number of rotatable bonds is 7. The molecule has 0 radical (unpaired) electrons. The van der Waals surface area contributed by atoms with Crippen LogP contribution in [-0.2, 0) is 16.2 Å². The number of nitrogens with two attached hydrogens (primary N) is 1. The van der Waals surface area contributed by atoms with Gasteiger partial charge in [-0.15, -0.1) is 0 Å². The van der Waals surface area contributed by atoms with E-state index in [-0.39, 0.29) is 18.9 Å². The Bertz CT molecular complexity index is 418. The number of alkyl halides is 2. The van der Waals surface area contributed by atoms with Gasteiger partial charge in [-0.2, -0.15) is 14.3 Å². The fourth-order valence-electron chi connectivity index (χ4n) is 1.15. The highest BCUT2D eigenvalue weighted by Gasteiger charge is 2.10. The number of hydroxylamine groups is 1. The number of nitrogens with one attached hydrogen (secondary N) is 1. The summed E-state index contributed by atoms with van der Waals surface area (Å²) >= 11 is 5.73. The van der Waals surface area contributed by atoms with Crippen molar-refractivity contribution in [2.45, 2.75) is 13.2 Å². The summed E-state index contributed by atoms with van der Waals surface area (Å²) in [5, 5.41) is 0.364. The first-order valence-electron chi connectivity index (χ1n) is 4.85. The second-order valence-corrected chi connectivity index (χ2v) is 3.64. The van der Waals surface area contributed by atoms with Crippen LogP contribution < -0.4 is 16.0 Å². The topological polar surface area (TPSA) is 73.6 Å². The maximum atomic E-state index is 12.1. The molecule has 0 unspecified atom stereocenters. The molecule has 0 aliphatic rings. The van der Waals surface area contributed by atoms with Crippen molar-refractivity contribution in [2.75, 3.05) is 6.61 Å². The molecule has 0 spiro atoms. The van der Waals surface area contributed by atoms with E-state index in [1.807, 2.05) is 0 Å². The van der Waals surface area contributed by atoms with Gasteiger partial charge in [0.15, 0.2) is 0 Å². The Morgan fingerprint density at radius 1 is 1.50 bits per heavy atom. The molecular weight excluding hydrogens is 270 g/mol. The Labute approximate surface area is 107 Å². The molecule has 0 aliphatic heterocycles. The van der Waals surface area contributed by atoms with Gasteiger partial charge in [-0.25, -0.2) is 0 Å². The van der Waals surface area contributed by atoms with Crippen LogP contribution in [0, 0.1) is 0 Å². The summed E-state index contributed by atoms with van der Waals surface area (Å²) in [6.45, 7) is -3.22. The van der Waals surface area contributed by atoms with Crippen LogP contribution in [0.3, 0.4) is 0 Å². The van der Waals surface area contributed by atoms with Gasteiger partial charge in [0.25, 0.3) is 0 Å². The van der Waals surface area contributed by atoms with Gasteiger partial charge in [0.05, 0.1) is 0 Å². The van der Waals surface area contributed by atoms with Gasteiger partial charge >= 0.3 is 6.61 Å². The zero-order valence-electron chi connectivity index (χ0n) is 9.16. The number of hydrogen-bond acceptors (Lipinski definition) is 4. The zero-order chi connectivity index (χ0) is 13.5. The first-order valence-corrected chi connectivity index (χ1v) is 5.23. The molecule has 5 nitrogen and oxygen atoms in total. The quantitative estimate of drug-likeness (QED) is 0.586. The van der Waals surface area contributed by atoms with E-state index in [4.69, 9.17) is 17.3 Å². The summed E-state index contributed by atoms with van der Waals surface area (Å²) in [6, 6.07) is 4.19. The number of carbonyl (C=O) groups is 1. The Hall–Kier alpha value is -1.44. The van der Waals surface area contributed by atoms with Crippen molar-refractivity contribution < 1.29 is 23.1 Å². The van der Waals surface area contributed by atoms with Gasteiger partial charge < -0.3 is 10.5 Å². The van der Waals surface area contributed by atoms with Gasteiger partial charge in [-0.05, 0) is 18.2 Å². The third kappa shape index (κ3) is 5.26. The van der Waals surface area contributed by atoms with Crippen molar-refractivity contribution >= 4 is 17.5 Å². The Morgan fingerprint density at radius 2 is 2.22 bits per heavy atom. The number of primary amides is 1. The monoisotopic (exact) mass is 280 g/mol. The van der Waals surface area contributed by atoms with Crippen LogP contribution in [0.25, 0.3) is 0 Å². The fourth-order valence-corrected chi connectivity index (χ4v) is 1.34. The molecule has 0 heterocycles. The maximum Gasteiger partial charge on any atom is 0.387 e. The second kappa shape index (κ2) is 7.10. The average Bonchev–Trinajstić information content (AvgIpc) is 2.27. The average molecular weight is 281 g/mol. The van der Waals surface area contributed by atoms with Crippen molar-refractivity contribution in [1.82, 2.24) is 5.48 Å². The predicted molar refractivity (Wildman–Crippen MR) is 60.1 cm³/mol. The first-order chi connectivity index (χ1) is 8.49. The van der Waals surface area contributed by atoms with Crippen molar-refractivity contribution in [3.8, 4) is 5.75 Å². The number of carbonyl (C=O) groups excluding carboxylic acids is 1. The van der Waals surface area contributed by atoms with Gasteiger partial charge in [0.2, 0.25) is 5.91 Å². The van der Waals surface area contributed by atoms with Crippen molar-refractivity contribution in [1.29, 1.82) is 0 Å². The van der Waals surface area contributed by atoms with Crippen LogP contribution >= 0.6 is 11.6 Å². The van der Waals surface area contributed by atoms with Crippen LogP contribution in [0.1, 0.15) is 5.56 Å². The van der Waals surface area contributed by atoms with Crippen LogP contribution in [-0.4, -0.2) is 19.1 Å². The Kier molecular flexibility index (Phi) is 5.76. The summed E-state index contributed by atoms with van der Waals surface area (Å²) in [5.74, 6) is -0.678. The Morgan fingerprint density at radius 3 is 2.83 bits per heavy atom. The molecule has 8 heteroatoms. The smallest absolute Gasteiger partial charge is 0.387 e. The van der Waals surface area contributed by atoms with Gasteiger partial charge in [-0.1, -0.05) is 11.6 Å². The number of amides is 1. The van der Waals surface area contributed by atoms with E-state index in [0.29, 0.717) is 10.6 Å². The third-order valence-electron chi connectivity index (χ3n) is 1.82. The molecule has 0 fully saturated rings. The van der Waals surface area contributed by atoms with Gasteiger partial charge in [-0.3, -0.25) is 9.63 Å². The summed E-state index contributed by atoms with van der Waals surface area (Å²) in [6.07, 6.45) is 0. The van der Waals surface area contributed by atoms with E-state index in [0.717, 1.165) is 0 Å². The standard InChI is InChI=1S/C10H11ClF2N2O3/c11-7-1-2-8(18-10(12)13)6(3-7)4-15-17-5-9(14)16/h1-3,10,15H,4-5H2,(H2,14,16). The third-order valence-corrected chi connectivity index (χ3v) is 2.05. The first kappa shape index (κ1) is 14.6. The van der Waals surface area contributed by atoms with Crippen molar-refractivity contribution in [3.63, 3.8) is 0 Å². The van der Waals surface area contributed by atoms with Crippen LogP contribution in [0.15, 0.2) is 18.2 Å². The van der Waals surface area contributed by atoms with Crippen LogP contribution in [0.2, 0.25) is 5.02 Å². The lowest BCUT2D eigenvalue weighted by Gasteiger charge is -2.11. The van der Waals surface area contributed by atoms with E-state index >= 15 is 0 Å². The minimum absolute atomic E-state index is 0.0235. The molecule has 18 heavy (non-hydrogen) atoms. The van der Waals surface area contributed by atoms with Crippen LogP contribution in [0.4, 0.5) is 8.78 Å². The number of ether oxygens (including phenoxy) is 1. The lowest BCUT2D eigenvalue weighted by Crippen LogP contribution is -2.24. The molecule has 0 atom stereocenters. The molecule has 100 valence electrons. The summed E-state index contributed by atoms with van der Waals surface area (Å²) in [4.78, 5) is 15.1. The summed E-state index contributed by atoms with van der Waals surface area (Å²) in [7, 11) is 0. The molecule has 1 amide bonds. The fraction of sp³-hybridized carbons (Fsp3) is 0.300. The summed E-state index contributed by atoms with van der Waals surface area (Å²) < 4.78 is 28.6. The highest BCUT2D eigenvalue weighted by atomic mass is 35.5. The molecule has 0 aromatic heterocycles. The highest BCUT2D eigenvalue weighted by molar-refractivity contribution is 6.30. The highest BCUT2D eigenvalue weighted by Crippen LogP contribution is 2.24. The predicted octanol–water partition coefficient (Wildman–Crippen LogP) is 1.45. The molecule has 1 aromatic carbocycles. The van der Waals surface area contributed by atoms with E-state index in [2.05, 4.69) is 15.1 Å². The minimum Gasteiger partial charge on any atom is -0.434 e.